The first-order valence-electron chi connectivity index (χ1n) is 6.69. The van der Waals surface area contributed by atoms with Gasteiger partial charge in [0.15, 0.2) is 0 Å². The zero-order valence-electron chi connectivity index (χ0n) is 11.8. The highest BCUT2D eigenvalue weighted by atomic mass is 32.2. The van der Waals surface area contributed by atoms with Crippen molar-refractivity contribution in [1.29, 1.82) is 0 Å². The quantitative estimate of drug-likeness (QED) is 0.739. The Bertz CT molecular complexity index is 742. The minimum atomic E-state index is -3.75. The Morgan fingerprint density at radius 2 is 1.81 bits per heavy atom. The lowest BCUT2D eigenvalue weighted by Gasteiger charge is -2.14. The van der Waals surface area contributed by atoms with Gasteiger partial charge in [0.05, 0.1) is 16.3 Å². The molecule has 5 nitrogen and oxygen atoms in total. The molecule has 0 unspecified atom stereocenters. The van der Waals surface area contributed by atoms with Crippen molar-refractivity contribution in [3.63, 3.8) is 0 Å². The number of anilines is 3. The molecule has 0 spiro atoms. The maximum Gasteiger partial charge on any atom is 0.238 e. The van der Waals surface area contributed by atoms with Crippen LogP contribution in [0.3, 0.4) is 0 Å². The fourth-order valence-electron chi connectivity index (χ4n) is 2.10. The number of nitrogens with two attached hydrogens (primary N) is 2. The van der Waals surface area contributed by atoms with Gasteiger partial charge in [0, 0.05) is 5.69 Å². The number of para-hydroxylation sites is 1. The predicted molar refractivity (Wildman–Crippen MR) is 85.9 cm³/mol. The first-order valence-corrected chi connectivity index (χ1v) is 8.23. The van der Waals surface area contributed by atoms with E-state index in [1.165, 1.54) is 18.2 Å². The third-order valence-electron chi connectivity index (χ3n) is 3.16. The summed E-state index contributed by atoms with van der Waals surface area (Å²) in [5.41, 5.74) is 8.97. The summed E-state index contributed by atoms with van der Waals surface area (Å²) in [4.78, 5) is 0.0344. The molecule has 112 valence electrons. The van der Waals surface area contributed by atoms with Crippen molar-refractivity contribution in [1.82, 2.24) is 0 Å². The number of nitrogen functional groups attached to an aromatic ring is 1. The summed E-state index contributed by atoms with van der Waals surface area (Å²) < 4.78 is 22.9. The Labute approximate surface area is 125 Å². The van der Waals surface area contributed by atoms with Crippen molar-refractivity contribution < 1.29 is 8.42 Å². The van der Waals surface area contributed by atoms with E-state index in [4.69, 9.17) is 10.9 Å². The van der Waals surface area contributed by atoms with E-state index in [0.717, 1.165) is 24.1 Å². The highest BCUT2D eigenvalue weighted by Gasteiger charge is 2.11. The number of hydrogen-bond donors (Lipinski definition) is 3. The molecule has 0 radical (unpaired) electrons. The largest absolute Gasteiger partial charge is 0.397 e. The van der Waals surface area contributed by atoms with E-state index in [1.807, 2.05) is 24.3 Å². The van der Waals surface area contributed by atoms with Gasteiger partial charge in [-0.1, -0.05) is 31.5 Å². The molecule has 0 amide bonds. The van der Waals surface area contributed by atoms with Gasteiger partial charge >= 0.3 is 0 Å². The number of hydrogen-bond acceptors (Lipinski definition) is 4. The van der Waals surface area contributed by atoms with Crippen LogP contribution in [0.1, 0.15) is 18.9 Å². The zero-order chi connectivity index (χ0) is 15.5. The molecule has 0 aliphatic heterocycles. The predicted octanol–water partition coefficient (Wildman–Crippen LogP) is 2.61. The summed E-state index contributed by atoms with van der Waals surface area (Å²) in [5, 5.41) is 8.34. The van der Waals surface area contributed by atoms with Gasteiger partial charge in [0.2, 0.25) is 10.0 Å². The molecule has 6 heteroatoms. The highest BCUT2D eigenvalue weighted by Crippen LogP contribution is 2.28. The molecule has 0 bridgehead atoms. The lowest BCUT2D eigenvalue weighted by atomic mass is 10.1. The fourth-order valence-corrected chi connectivity index (χ4v) is 2.64. The Kier molecular flexibility index (Phi) is 4.50. The SMILES string of the molecule is CCCc1ccccc1Nc1cc(S(N)(=O)=O)ccc1N. The summed E-state index contributed by atoms with van der Waals surface area (Å²) in [7, 11) is -3.75. The topological polar surface area (TPSA) is 98.2 Å². The van der Waals surface area contributed by atoms with Crippen LogP contribution in [0.15, 0.2) is 47.4 Å². The summed E-state index contributed by atoms with van der Waals surface area (Å²) in [5.74, 6) is 0. The summed E-state index contributed by atoms with van der Waals surface area (Å²) in [6.45, 7) is 2.10. The smallest absolute Gasteiger partial charge is 0.238 e. The monoisotopic (exact) mass is 305 g/mol. The van der Waals surface area contributed by atoms with Crippen molar-refractivity contribution in [2.45, 2.75) is 24.7 Å². The molecule has 0 atom stereocenters. The average Bonchev–Trinajstić information content (AvgIpc) is 2.42. The van der Waals surface area contributed by atoms with Crippen molar-refractivity contribution in [3.8, 4) is 0 Å². The van der Waals surface area contributed by atoms with E-state index in [0.29, 0.717) is 11.4 Å². The fraction of sp³-hybridized carbons (Fsp3) is 0.200. The van der Waals surface area contributed by atoms with Gasteiger partial charge < -0.3 is 11.1 Å². The van der Waals surface area contributed by atoms with Crippen LogP contribution in [0.2, 0.25) is 0 Å². The molecular formula is C15H19N3O2S. The number of benzene rings is 2. The summed E-state index contributed by atoms with van der Waals surface area (Å²) >= 11 is 0. The first kappa shape index (κ1) is 15.3. The molecular weight excluding hydrogens is 286 g/mol. The highest BCUT2D eigenvalue weighted by molar-refractivity contribution is 7.89. The average molecular weight is 305 g/mol. The summed E-state index contributed by atoms with van der Waals surface area (Å²) in [6.07, 6.45) is 1.95. The van der Waals surface area contributed by atoms with E-state index in [1.54, 1.807) is 0 Å². The minimum Gasteiger partial charge on any atom is -0.397 e. The molecule has 0 saturated carbocycles. The van der Waals surface area contributed by atoms with Crippen LogP contribution in [0.5, 0.6) is 0 Å². The Morgan fingerprint density at radius 3 is 2.48 bits per heavy atom. The van der Waals surface area contributed by atoms with E-state index >= 15 is 0 Å². The van der Waals surface area contributed by atoms with Crippen LogP contribution < -0.4 is 16.2 Å². The van der Waals surface area contributed by atoms with Crippen LogP contribution in [0, 0.1) is 0 Å². The van der Waals surface area contributed by atoms with Crippen molar-refractivity contribution >= 4 is 27.1 Å². The maximum absolute atomic E-state index is 11.4. The molecule has 0 saturated heterocycles. The van der Waals surface area contributed by atoms with Gasteiger partial charge in [-0.15, -0.1) is 0 Å². The lowest BCUT2D eigenvalue weighted by Crippen LogP contribution is -2.12. The van der Waals surface area contributed by atoms with Crippen molar-refractivity contribution in [2.24, 2.45) is 5.14 Å². The third-order valence-corrected chi connectivity index (χ3v) is 4.07. The normalized spacial score (nSPS) is 11.3. The second kappa shape index (κ2) is 6.15. The zero-order valence-corrected chi connectivity index (χ0v) is 12.7. The van der Waals surface area contributed by atoms with Crippen LogP contribution in [0.4, 0.5) is 17.1 Å². The van der Waals surface area contributed by atoms with Crippen LogP contribution >= 0.6 is 0 Å². The Balaban J connectivity index is 2.40. The van der Waals surface area contributed by atoms with E-state index in [-0.39, 0.29) is 4.90 Å². The van der Waals surface area contributed by atoms with Gasteiger partial charge in [-0.2, -0.15) is 0 Å². The molecule has 0 aromatic heterocycles. The van der Waals surface area contributed by atoms with Gasteiger partial charge in [-0.05, 0) is 36.2 Å². The molecule has 2 rings (SSSR count). The van der Waals surface area contributed by atoms with Gasteiger partial charge in [0.1, 0.15) is 0 Å². The molecule has 0 heterocycles. The van der Waals surface area contributed by atoms with E-state index in [9.17, 15) is 8.42 Å². The van der Waals surface area contributed by atoms with Gasteiger partial charge in [-0.25, -0.2) is 13.6 Å². The van der Waals surface area contributed by atoms with Crippen molar-refractivity contribution in [2.75, 3.05) is 11.1 Å². The molecule has 5 N–H and O–H groups in total. The van der Waals surface area contributed by atoms with Gasteiger partial charge in [-0.3, -0.25) is 0 Å². The van der Waals surface area contributed by atoms with Crippen LogP contribution in [-0.4, -0.2) is 8.42 Å². The van der Waals surface area contributed by atoms with Crippen molar-refractivity contribution in [3.05, 3.63) is 48.0 Å². The Morgan fingerprint density at radius 1 is 1.10 bits per heavy atom. The lowest BCUT2D eigenvalue weighted by molar-refractivity contribution is 0.598. The number of sulfonamides is 1. The summed E-state index contributed by atoms with van der Waals surface area (Å²) in [6, 6.07) is 12.2. The van der Waals surface area contributed by atoms with Gasteiger partial charge in [0.25, 0.3) is 0 Å². The molecule has 21 heavy (non-hydrogen) atoms. The van der Waals surface area contributed by atoms with E-state index in [2.05, 4.69) is 12.2 Å². The number of primary sulfonamides is 1. The second-order valence-corrected chi connectivity index (χ2v) is 6.39. The number of aryl methyl sites for hydroxylation is 1. The standard InChI is InChI=1S/C15H19N3O2S/c1-2-5-11-6-3-4-7-14(11)18-15-10-12(21(17,19)20)8-9-13(15)16/h3-4,6-10,18H,2,5,16H2,1H3,(H2,17,19,20). The molecule has 0 aliphatic rings. The minimum absolute atomic E-state index is 0.0344. The first-order chi connectivity index (χ1) is 9.91. The second-order valence-electron chi connectivity index (χ2n) is 4.83. The number of nitrogens with one attached hydrogen (secondary N) is 1. The number of rotatable bonds is 5. The molecule has 2 aromatic rings. The van der Waals surface area contributed by atoms with E-state index < -0.39 is 10.0 Å². The van der Waals surface area contributed by atoms with Crippen LogP contribution in [-0.2, 0) is 16.4 Å². The molecule has 0 fully saturated rings. The molecule has 0 aliphatic carbocycles. The Hall–Kier alpha value is -2.05. The molecule has 2 aromatic carbocycles. The maximum atomic E-state index is 11.4. The third kappa shape index (κ3) is 3.74. The van der Waals surface area contributed by atoms with Crippen LogP contribution in [0.25, 0.3) is 0 Å².